The minimum atomic E-state index is 0.224. The smallest absolute Gasteiger partial charge is 0.227 e. The summed E-state index contributed by atoms with van der Waals surface area (Å²) in [4.78, 5) is 14.2. The van der Waals surface area contributed by atoms with Gasteiger partial charge in [-0.15, -0.1) is 0 Å². The lowest BCUT2D eigenvalue weighted by Gasteiger charge is -2.26. The van der Waals surface area contributed by atoms with Crippen molar-refractivity contribution in [3.63, 3.8) is 0 Å². The van der Waals surface area contributed by atoms with Gasteiger partial charge in [-0.1, -0.05) is 13.8 Å². The summed E-state index contributed by atoms with van der Waals surface area (Å²) in [5.41, 5.74) is 0. The fourth-order valence-electron chi connectivity index (χ4n) is 2.42. The largest absolute Gasteiger partial charge is 0.343 e. The van der Waals surface area contributed by atoms with Gasteiger partial charge in [-0.25, -0.2) is 0 Å². The highest BCUT2D eigenvalue weighted by Crippen LogP contribution is 2.20. The van der Waals surface area contributed by atoms with E-state index < -0.39 is 0 Å². The van der Waals surface area contributed by atoms with Crippen molar-refractivity contribution in [2.45, 2.75) is 46.1 Å². The van der Waals surface area contributed by atoms with Crippen LogP contribution in [0, 0.1) is 5.92 Å². The van der Waals surface area contributed by atoms with E-state index in [9.17, 15) is 4.79 Å². The molecular weight excluding hydrogens is 188 g/mol. The molecule has 3 heteroatoms. The van der Waals surface area contributed by atoms with E-state index in [0.717, 1.165) is 38.9 Å². The van der Waals surface area contributed by atoms with E-state index in [1.165, 1.54) is 0 Å². The molecule has 1 fully saturated rings. The molecule has 1 rings (SSSR count). The fourth-order valence-corrected chi connectivity index (χ4v) is 2.42. The zero-order valence-corrected chi connectivity index (χ0v) is 10.3. The van der Waals surface area contributed by atoms with Gasteiger partial charge in [0.25, 0.3) is 0 Å². The second-order valence-electron chi connectivity index (χ2n) is 4.28. The second-order valence-corrected chi connectivity index (χ2v) is 4.28. The molecule has 1 amide bonds. The van der Waals surface area contributed by atoms with Gasteiger partial charge in [0.15, 0.2) is 0 Å². The van der Waals surface area contributed by atoms with Crippen LogP contribution in [0.15, 0.2) is 0 Å². The molecule has 0 aromatic rings. The first kappa shape index (κ1) is 12.5. The van der Waals surface area contributed by atoms with Crippen LogP contribution in [0.3, 0.4) is 0 Å². The summed E-state index contributed by atoms with van der Waals surface area (Å²) in [5, 5.41) is 3.41. The van der Waals surface area contributed by atoms with Gasteiger partial charge in [-0.3, -0.25) is 4.79 Å². The summed E-state index contributed by atoms with van der Waals surface area (Å²) in [7, 11) is 0. The lowest BCUT2D eigenvalue weighted by molar-refractivity contribution is -0.135. The Morgan fingerprint density at radius 3 is 2.67 bits per heavy atom. The monoisotopic (exact) mass is 212 g/mol. The SMILES string of the molecule is CCCN(CC)C(=O)C1CCNC1CC. The molecule has 0 saturated carbocycles. The van der Waals surface area contributed by atoms with Gasteiger partial charge in [-0.05, 0) is 32.7 Å². The van der Waals surface area contributed by atoms with Gasteiger partial charge >= 0.3 is 0 Å². The molecule has 1 aliphatic heterocycles. The molecule has 0 radical (unpaired) electrons. The van der Waals surface area contributed by atoms with Crippen LogP contribution < -0.4 is 5.32 Å². The van der Waals surface area contributed by atoms with Crippen LogP contribution in [-0.4, -0.2) is 36.5 Å². The first-order chi connectivity index (χ1) is 7.24. The number of nitrogens with zero attached hydrogens (tertiary/aromatic N) is 1. The van der Waals surface area contributed by atoms with E-state index in [-0.39, 0.29) is 5.92 Å². The molecular formula is C12H24N2O. The lowest BCUT2D eigenvalue weighted by Crippen LogP contribution is -2.41. The summed E-state index contributed by atoms with van der Waals surface area (Å²) in [6.45, 7) is 9.09. The molecule has 1 N–H and O–H groups in total. The number of carbonyl (C=O) groups is 1. The van der Waals surface area contributed by atoms with Gasteiger partial charge in [-0.2, -0.15) is 0 Å². The first-order valence-corrected chi connectivity index (χ1v) is 6.26. The van der Waals surface area contributed by atoms with Crippen molar-refractivity contribution in [2.24, 2.45) is 5.92 Å². The molecule has 1 aliphatic rings. The van der Waals surface area contributed by atoms with Gasteiger partial charge < -0.3 is 10.2 Å². The van der Waals surface area contributed by atoms with E-state index in [0.29, 0.717) is 11.9 Å². The van der Waals surface area contributed by atoms with Crippen LogP contribution in [0.25, 0.3) is 0 Å². The van der Waals surface area contributed by atoms with E-state index in [4.69, 9.17) is 0 Å². The van der Waals surface area contributed by atoms with Crippen LogP contribution in [0.5, 0.6) is 0 Å². The minimum absolute atomic E-state index is 0.224. The van der Waals surface area contributed by atoms with Crippen LogP contribution in [-0.2, 0) is 4.79 Å². The van der Waals surface area contributed by atoms with Gasteiger partial charge in [0, 0.05) is 19.1 Å². The average Bonchev–Trinajstić information content (AvgIpc) is 2.72. The quantitative estimate of drug-likeness (QED) is 0.751. The third-order valence-electron chi connectivity index (χ3n) is 3.29. The normalized spacial score (nSPS) is 25.5. The van der Waals surface area contributed by atoms with Crippen molar-refractivity contribution < 1.29 is 4.79 Å². The number of rotatable bonds is 5. The predicted molar refractivity (Wildman–Crippen MR) is 62.7 cm³/mol. The summed E-state index contributed by atoms with van der Waals surface area (Å²) in [6.07, 6.45) is 3.12. The Balaban J connectivity index is 2.56. The van der Waals surface area contributed by atoms with E-state index >= 15 is 0 Å². The maximum atomic E-state index is 12.2. The molecule has 15 heavy (non-hydrogen) atoms. The number of hydrogen-bond donors (Lipinski definition) is 1. The first-order valence-electron chi connectivity index (χ1n) is 6.26. The van der Waals surface area contributed by atoms with Gasteiger partial charge in [0.1, 0.15) is 0 Å². The number of amides is 1. The maximum Gasteiger partial charge on any atom is 0.227 e. The van der Waals surface area contributed by atoms with Crippen molar-refractivity contribution in [1.29, 1.82) is 0 Å². The summed E-state index contributed by atoms with van der Waals surface area (Å²) < 4.78 is 0. The summed E-state index contributed by atoms with van der Waals surface area (Å²) >= 11 is 0. The molecule has 1 saturated heterocycles. The Hall–Kier alpha value is -0.570. The van der Waals surface area contributed by atoms with Crippen molar-refractivity contribution in [3.8, 4) is 0 Å². The molecule has 88 valence electrons. The third-order valence-corrected chi connectivity index (χ3v) is 3.29. The summed E-state index contributed by atoms with van der Waals surface area (Å²) in [5.74, 6) is 0.581. The molecule has 0 bridgehead atoms. The van der Waals surface area contributed by atoms with Crippen molar-refractivity contribution in [3.05, 3.63) is 0 Å². The Kier molecular flexibility index (Phi) is 5.09. The highest BCUT2D eigenvalue weighted by Gasteiger charge is 2.33. The highest BCUT2D eigenvalue weighted by molar-refractivity contribution is 5.79. The van der Waals surface area contributed by atoms with Crippen LogP contribution >= 0.6 is 0 Å². The van der Waals surface area contributed by atoms with Crippen LogP contribution in [0.1, 0.15) is 40.0 Å². The number of nitrogens with one attached hydrogen (secondary N) is 1. The standard InChI is InChI=1S/C12H24N2O/c1-4-9-14(6-3)12(15)10-7-8-13-11(10)5-2/h10-11,13H,4-9H2,1-3H3. The molecule has 3 nitrogen and oxygen atoms in total. The van der Waals surface area contributed by atoms with Gasteiger partial charge in [0.2, 0.25) is 5.91 Å². The number of hydrogen-bond acceptors (Lipinski definition) is 2. The van der Waals surface area contributed by atoms with Gasteiger partial charge in [0.05, 0.1) is 5.92 Å². The average molecular weight is 212 g/mol. The Morgan fingerprint density at radius 1 is 1.40 bits per heavy atom. The Bertz CT molecular complexity index is 206. The topological polar surface area (TPSA) is 32.3 Å². The molecule has 0 aromatic carbocycles. The lowest BCUT2D eigenvalue weighted by atomic mass is 9.97. The molecule has 2 atom stereocenters. The summed E-state index contributed by atoms with van der Waals surface area (Å²) in [6, 6.07) is 0.406. The van der Waals surface area contributed by atoms with E-state index in [1.54, 1.807) is 0 Å². The molecule has 2 unspecified atom stereocenters. The molecule has 0 aliphatic carbocycles. The number of carbonyl (C=O) groups excluding carboxylic acids is 1. The van der Waals surface area contributed by atoms with E-state index in [2.05, 4.69) is 26.1 Å². The minimum Gasteiger partial charge on any atom is -0.343 e. The van der Waals surface area contributed by atoms with Crippen molar-refractivity contribution >= 4 is 5.91 Å². The molecule has 0 aromatic heterocycles. The Morgan fingerprint density at radius 2 is 2.13 bits per heavy atom. The van der Waals surface area contributed by atoms with Crippen LogP contribution in [0.4, 0.5) is 0 Å². The zero-order valence-electron chi connectivity index (χ0n) is 10.3. The molecule has 1 heterocycles. The highest BCUT2D eigenvalue weighted by atomic mass is 16.2. The second kappa shape index (κ2) is 6.11. The van der Waals surface area contributed by atoms with Crippen molar-refractivity contribution in [2.75, 3.05) is 19.6 Å². The molecule has 0 spiro atoms. The zero-order chi connectivity index (χ0) is 11.3. The van der Waals surface area contributed by atoms with Crippen molar-refractivity contribution in [1.82, 2.24) is 10.2 Å². The maximum absolute atomic E-state index is 12.2. The predicted octanol–water partition coefficient (Wildman–Crippen LogP) is 1.63. The third kappa shape index (κ3) is 2.94. The van der Waals surface area contributed by atoms with Crippen LogP contribution in [0.2, 0.25) is 0 Å². The Labute approximate surface area is 93.2 Å². The fraction of sp³-hybridized carbons (Fsp3) is 0.917. The van der Waals surface area contributed by atoms with E-state index in [1.807, 2.05) is 4.90 Å².